The summed E-state index contributed by atoms with van der Waals surface area (Å²) in [6.45, 7) is 4.16. The van der Waals surface area contributed by atoms with Crippen molar-refractivity contribution in [1.29, 1.82) is 0 Å². The zero-order valence-corrected chi connectivity index (χ0v) is 17.8. The Kier molecular flexibility index (Phi) is 5.40. The van der Waals surface area contributed by atoms with E-state index in [2.05, 4.69) is 42.1 Å². The Morgan fingerprint density at radius 2 is 2.13 bits per heavy atom. The molecule has 3 N–H and O–H groups in total. The molecular weight excluding hydrogens is 452 g/mol. The highest BCUT2D eigenvalue weighted by molar-refractivity contribution is 9.10. The van der Waals surface area contributed by atoms with E-state index in [9.17, 15) is 9.90 Å². The summed E-state index contributed by atoms with van der Waals surface area (Å²) in [7, 11) is 0. The van der Waals surface area contributed by atoms with Crippen LogP contribution in [-0.4, -0.2) is 37.8 Å². The molecule has 1 amide bonds. The van der Waals surface area contributed by atoms with E-state index >= 15 is 0 Å². The van der Waals surface area contributed by atoms with Gasteiger partial charge in [0, 0.05) is 5.70 Å². The van der Waals surface area contributed by atoms with Crippen molar-refractivity contribution >= 4 is 33.5 Å². The minimum atomic E-state index is -0.590. The zero-order valence-electron chi connectivity index (χ0n) is 16.3. The lowest BCUT2D eigenvalue weighted by molar-refractivity contribution is -0.113. The van der Waals surface area contributed by atoms with E-state index in [-0.39, 0.29) is 11.7 Å². The summed E-state index contributed by atoms with van der Waals surface area (Å²) < 4.78 is 7.66. The van der Waals surface area contributed by atoms with Crippen molar-refractivity contribution in [3.05, 3.63) is 63.8 Å². The van der Waals surface area contributed by atoms with E-state index < -0.39 is 6.04 Å². The molecule has 2 heterocycles. The first-order valence-electron chi connectivity index (χ1n) is 9.26. The summed E-state index contributed by atoms with van der Waals surface area (Å²) in [5.74, 6) is 0.792. The summed E-state index contributed by atoms with van der Waals surface area (Å²) in [5.41, 5.74) is 2.37. The zero-order chi connectivity index (χ0) is 21.3. The molecule has 0 spiro atoms. The summed E-state index contributed by atoms with van der Waals surface area (Å²) in [6.07, 6.45) is 0. The highest BCUT2D eigenvalue weighted by atomic mass is 79.9. The van der Waals surface area contributed by atoms with E-state index in [1.807, 2.05) is 19.1 Å². The number of anilines is 2. The molecule has 0 saturated heterocycles. The van der Waals surface area contributed by atoms with Gasteiger partial charge < -0.3 is 20.5 Å². The third kappa shape index (κ3) is 3.61. The normalized spacial score (nSPS) is 15.4. The lowest BCUT2D eigenvalue weighted by Crippen LogP contribution is -2.31. The smallest absolute Gasteiger partial charge is 0.255 e. The van der Waals surface area contributed by atoms with Crippen molar-refractivity contribution in [3.8, 4) is 11.5 Å². The van der Waals surface area contributed by atoms with Crippen LogP contribution < -0.4 is 15.4 Å². The van der Waals surface area contributed by atoms with E-state index in [1.165, 1.54) is 4.68 Å². The second-order valence-electron chi connectivity index (χ2n) is 6.61. The fraction of sp³-hybridized carbons (Fsp3) is 0.200. The Hall–Kier alpha value is -3.40. The number of carbonyl (C=O) groups excluding carboxylic acids is 1. The fourth-order valence-electron chi connectivity index (χ4n) is 3.35. The molecule has 1 aliphatic rings. The molecule has 1 unspecified atom stereocenters. The van der Waals surface area contributed by atoms with Crippen LogP contribution in [0.5, 0.6) is 11.5 Å². The van der Waals surface area contributed by atoms with Crippen LogP contribution in [0.4, 0.5) is 11.6 Å². The highest BCUT2D eigenvalue weighted by Crippen LogP contribution is 2.38. The third-order valence-corrected chi connectivity index (χ3v) is 5.32. The predicted molar refractivity (Wildman–Crippen MR) is 114 cm³/mol. The van der Waals surface area contributed by atoms with E-state index in [0.29, 0.717) is 39.7 Å². The number of fused-ring (bicyclic) bond motifs is 1. The fourth-order valence-corrected chi connectivity index (χ4v) is 3.75. The molecule has 2 aromatic carbocycles. The highest BCUT2D eigenvalue weighted by Gasteiger charge is 2.34. The van der Waals surface area contributed by atoms with Gasteiger partial charge in [-0.05, 0) is 70.0 Å². The van der Waals surface area contributed by atoms with Crippen LogP contribution >= 0.6 is 15.9 Å². The Morgan fingerprint density at radius 1 is 1.33 bits per heavy atom. The second-order valence-corrected chi connectivity index (χ2v) is 7.46. The van der Waals surface area contributed by atoms with Crippen molar-refractivity contribution in [3.63, 3.8) is 0 Å². The number of ether oxygens (including phenoxy) is 1. The number of aromatic hydroxyl groups is 1. The number of aromatic nitrogens is 4. The molecule has 154 valence electrons. The van der Waals surface area contributed by atoms with Crippen molar-refractivity contribution in [2.75, 3.05) is 17.2 Å². The number of allylic oxidation sites excluding steroid dienone is 1. The SMILES string of the molecule is CCOc1ccccc1NC(=O)C1=C(C)Nc2nnnn2C1c1ccc(O)c(Br)c1. The summed E-state index contributed by atoms with van der Waals surface area (Å²) in [6, 6.07) is 11.7. The maximum atomic E-state index is 13.4. The second kappa shape index (κ2) is 8.15. The lowest BCUT2D eigenvalue weighted by atomic mass is 9.95. The molecule has 3 aromatic rings. The minimum absolute atomic E-state index is 0.0990. The number of tetrazole rings is 1. The number of phenols is 1. The van der Waals surface area contributed by atoms with Gasteiger partial charge in [0.15, 0.2) is 0 Å². The van der Waals surface area contributed by atoms with Crippen LogP contribution in [-0.2, 0) is 4.79 Å². The Labute approximate surface area is 180 Å². The van der Waals surface area contributed by atoms with Crippen molar-refractivity contribution in [2.24, 2.45) is 0 Å². The van der Waals surface area contributed by atoms with Crippen molar-refractivity contribution in [1.82, 2.24) is 20.2 Å². The van der Waals surface area contributed by atoms with Gasteiger partial charge in [-0.3, -0.25) is 4.79 Å². The molecule has 1 aliphatic heterocycles. The van der Waals surface area contributed by atoms with Crippen LogP contribution in [0.2, 0.25) is 0 Å². The standard InChI is InChI=1S/C20H19BrN6O3/c1-3-30-16-7-5-4-6-14(16)23-19(29)17-11(2)22-20-24-25-26-27(20)18(17)12-8-9-15(28)13(21)10-12/h4-10,18,28H,3H2,1-2H3,(H,23,29)(H,22,24,26). The average Bonchev–Trinajstić information content (AvgIpc) is 3.18. The van der Waals surface area contributed by atoms with Gasteiger partial charge in [0.2, 0.25) is 5.95 Å². The molecule has 1 atom stereocenters. The molecular formula is C20H19BrN6O3. The predicted octanol–water partition coefficient (Wildman–Crippen LogP) is 3.47. The number of para-hydroxylation sites is 2. The van der Waals surface area contributed by atoms with E-state index in [4.69, 9.17) is 4.74 Å². The lowest BCUT2D eigenvalue weighted by Gasteiger charge is -2.28. The number of carbonyl (C=O) groups is 1. The number of nitrogens with zero attached hydrogens (tertiary/aromatic N) is 4. The molecule has 1 aromatic heterocycles. The number of halogens is 1. The first-order valence-corrected chi connectivity index (χ1v) is 10.1. The first kappa shape index (κ1) is 19.9. The van der Waals surface area contributed by atoms with E-state index in [0.717, 1.165) is 5.56 Å². The van der Waals surface area contributed by atoms with Gasteiger partial charge in [0.1, 0.15) is 17.5 Å². The first-order chi connectivity index (χ1) is 14.5. The molecule has 4 rings (SSSR count). The van der Waals surface area contributed by atoms with Crippen LogP contribution in [0.3, 0.4) is 0 Å². The molecule has 0 aliphatic carbocycles. The molecule has 9 nitrogen and oxygen atoms in total. The number of nitrogens with one attached hydrogen (secondary N) is 2. The molecule has 0 fully saturated rings. The van der Waals surface area contributed by atoms with Gasteiger partial charge in [-0.1, -0.05) is 23.3 Å². The van der Waals surface area contributed by atoms with Gasteiger partial charge >= 0.3 is 0 Å². The summed E-state index contributed by atoms with van der Waals surface area (Å²) in [5, 5.41) is 27.7. The maximum Gasteiger partial charge on any atom is 0.255 e. The largest absolute Gasteiger partial charge is 0.507 e. The maximum absolute atomic E-state index is 13.4. The number of hydrogen-bond donors (Lipinski definition) is 3. The molecule has 10 heteroatoms. The Morgan fingerprint density at radius 3 is 2.90 bits per heavy atom. The Bertz CT molecular complexity index is 1140. The van der Waals surface area contributed by atoms with Crippen LogP contribution in [0.1, 0.15) is 25.5 Å². The molecule has 0 bridgehead atoms. The number of hydrogen-bond acceptors (Lipinski definition) is 7. The van der Waals surface area contributed by atoms with Crippen LogP contribution in [0.15, 0.2) is 58.2 Å². The Balaban J connectivity index is 1.76. The number of rotatable bonds is 5. The van der Waals surface area contributed by atoms with Crippen molar-refractivity contribution in [2.45, 2.75) is 19.9 Å². The van der Waals surface area contributed by atoms with E-state index in [1.54, 1.807) is 37.3 Å². The summed E-state index contributed by atoms with van der Waals surface area (Å²) >= 11 is 3.34. The number of amides is 1. The van der Waals surface area contributed by atoms with Crippen LogP contribution in [0.25, 0.3) is 0 Å². The quantitative estimate of drug-likeness (QED) is 0.522. The monoisotopic (exact) mass is 470 g/mol. The topological polar surface area (TPSA) is 114 Å². The van der Waals surface area contributed by atoms with Crippen LogP contribution in [0, 0.1) is 0 Å². The summed E-state index contributed by atoms with van der Waals surface area (Å²) in [4.78, 5) is 13.4. The molecule has 30 heavy (non-hydrogen) atoms. The molecule has 0 radical (unpaired) electrons. The van der Waals surface area contributed by atoms with Gasteiger partial charge in [0.05, 0.1) is 22.3 Å². The molecule has 0 saturated carbocycles. The van der Waals surface area contributed by atoms with Gasteiger partial charge in [-0.2, -0.15) is 4.68 Å². The third-order valence-electron chi connectivity index (χ3n) is 4.68. The average molecular weight is 471 g/mol. The minimum Gasteiger partial charge on any atom is -0.507 e. The number of benzene rings is 2. The number of phenolic OH excluding ortho intramolecular Hbond substituents is 1. The van der Waals surface area contributed by atoms with Gasteiger partial charge in [-0.25, -0.2) is 0 Å². The van der Waals surface area contributed by atoms with Crippen molar-refractivity contribution < 1.29 is 14.6 Å². The van der Waals surface area contributed by atoms with Gasteiger partial charge in [0.25, 0.3) is 5.91 Å². The van der Waals surface area contributed by atoms with Gasteiger partial charge in [-0.15, -0.1) is 0 Å².